The minimum atomic E-state index is 0.439. The topological polar surface area (TPSA) is 52.1 Å². The Morgan fingerprint density at radius 3 is 3.15 bits per heavy atom. The highest BCUT2D eigenvalue weighted by atomic mass is 32.2. The van der Waals surface area contributed by atoms with Crippen molar-refractivity contribution in [3.63, 3.8) is 0 Å². The Morgan fingerprint density at radius 1 is 1.54 bits per heavy atom. The molecule has 0 saturated heterocycles. The molecule has 0 radical (unpaired) electrons. The molecule has 5 heteroatoms. The first kappa shape index (κ1) is 8.37. The second kappa shape index (κ2) is 3.66. The normalized spacial score (nSPS) is 10.5. The maximum atomic E-state index is 5.11. The van der Waals surface area contributed by atoms with Gasteiger partial charge in [0.2, 0.25) is 0 Å². The zero-order valence-electron chi connectivity index (χ0n) is 7.06. The fourth-order valence-electron chi connectivity index (χ4n) is 0.942. The van der Waals surface area contributed by atoms with E-state index in [1.54, 1.807) is 30.2 Å². The fourth-order valence-corrected chi connectivity index (χ4v) is 1.32. The Kier molecular flexibility index (Phi) is 2.35. The molecule has 0 aliphatic heterocycles. The second-order valence-electron chi connectivity index (χ2n) is 2.43. The molecule has 4 nitrogen and oxygen atoms in total. The van der Waals surface area contributed by atoms with E-state index in [0.29, 0.717) is 17.5 Å². The van der Waals surface area contributed by atoms with Crippen molar-refractivity contribution in [2.75, 3.05) is 6.26 Å². The molecule has 2 aromatic heterocycles. The average molecular weight is 196 g/mol. The van der Waals surface area contributed by atoms with Crippen molar-refractivity contribution in [2.24, 2.45) is 0 Å². The van der Waals surface area contributed by atoms with Gasteiger partial charge in [-0.15, -0.1) is 0 Å². The van der Waals surface area contributed by atoms with E-state index < -0.39 is 0 Å². The Morgan fingerprint density at radius 2 is 2.46 bits per heavy atom. The molecule has 0 amide bonds. The largest absolute Gasteiger partial charge is 0.459 e. The van der Waals surface area contributed by atoms with Crippen LogP contribution in [0.15, 0.2) is 27.3 Å². The first-order valence-corrected chi connectivity index (χ1v) is 5.15. The molecule has 0 N–H and O–H groups in total. The van der Waals surface area contributed by atoms with Crippen LogP contribution in [0.5, 0.6) is 0 Å². The molecule has 0 unspecified atom stereocenters. The van der Waals surface area contributed by atoms with E-state index in [1.165, 1.54) is 0 Å². The number of furan rings is 1. The van der Waals surface area contributed by atoms with Gasteiger partial charge in [0.05, 0.1) is 12.0 Å². The first-order chi connectivity index (χ1) is 6.40. The second-order valence-corrected chi connectivity index (χ2v) is 3.29. The highest BCUT2D eigenvalue weighted by molar-refractivity contribution is 7.97. The number of nitrogens with zero attached hydrogens (tertiary/aromatic N) is 2. The summed E-state index contributed by atoms with van der Waals surface area (Å²) >= 11 is 1.65. The summed E-state index contributed by atoms with van der Waals surface area (Å²) in [6.07, 6.45) is 3.57. The van der Waals surface area contributed by atoms with Crippen molar-refractivity contribution in [3.05, 3.63) is 24.2 Å². The quantitative estimate of drug-likeness (QED) is 0.753. The van der Waals surface area contributed by atoms with Crippen LogP contribution in [0, 0.1) is 0 Å². The SMILES string of the molecule is CSCc1noc(-c2ccco2)n1. The summed E-state index contributed by atoms with van der Waals surface area (Å²) < 4.78 is 10.1. The van der Waals surface area contributed by atoms with Gasteiger partial charge in [0, 0.05) is 0 Å². The molecule has 0 atom stereocenters. The molecule has 0 aliphatic rings. The summed E-state index contributed by atoms with van der Waals surface area (Å²) in [5, 5.41) is 3.79. The fraction of sp³-hybridized carbons (Fsp3) is 0.250. The summed E-state index contributed by atoms with van der Waals surface area (Å²) in [5.74, 6) is 2.50. The predicted molar refractivity (Wildman–Crippen MR) is 49.2 cm³/mol. The lowest BCUT2D eigenvalue weighted by Gasteiger charge is -1.84. The Bertz CT molecular complexity index is 369. The lowest BCUT2D eigenvalue weighted by molar-refractivity contribution is 0.411. The smallest absolute Gasteiger partial charge is 0.293 e. The van der Waals surface area contributed by atoms with Gasteiger partial charge >= 0.3 is 0 Å². The van der Waals surface area contributed by atoms with E-state index in [1.807, 2.05) is 6.26 Å². The van der Waals surface area contributed by atoms with Crippen molar-refractivity contribution in [1.29, 1.82) is 0 Å². The molecular weight excluding hydrogens is 188 g/mol. The third-order valence-corrected chi connectivity index (χ3v) is 2.02. The molecule has 0 spiro atoms. The van der Waals surface area contributed by atoms with Crippen molar-refractivity contribution < 1.29 is 8.94 Å². The number of hydrogen-bond donors (Lipinski definition) is 0. The summed E-state index contributed by atoms with van der Waals surface area (Å²) in [6.45, 7) is 0. The third kappa shape index (κ3) is 1.75. The standard InChI is InChI=1S/C8H8N2O2S/c1-13-5-7-9-8(12-10-7)6-3-2-4-11-6/h2-4H,5H2,1H3. The minimum Gasteiger partial charge on any atom is -0.459 e. The molecule has 0 aromatic carbocycles. The number of rotatable bonds is 3. The van der Waals surface area contributed by atoms with Gasteiger partial charge in [0.15, 0.2) is 11.6 Å². The molecule has 2 rings (SSSR count). The van der Waals surface area contributed by atoms with Crippen LogP contribution in [0.1, 0.15) is 5.82 Å². The molecule has 0 fully saturated rings. The summed E-state index contributed by atoms with van der Waals surface area (Å²) in [7, 11) is 0. The maximum Gasteiger partial charge on any atom is 0.293 e. The first-order valence-electron chi connectivity index (χ1n) is 3.75. The van der Waals surface area contributed by atoms with E-state index >= 15 is 0 Å². The highest BCUT2D eigenvalue weighted by Gasteiger charge is 2.09. The van der Waals surface area contributed by atoms with E-state index in [0.717, 1.165) is 5.75 Å². The van der Waals surface area contributed by atoms with Gasteiger partial charge in [-0.2, -0.15) is 16.7 Å². The Hall–Kier alpha value is -1.23. The molecule has 0 bridgehead atoms. The monoisotopic (exact) mass is 196 g/mol. The van der Waals surface area contributed by atoms with Gasteiger partial charge in [0.25, 0.3) is 5.89 Å². The van der Waals surface area contributed by atoms with Crippen LogP contribution in [0.25, 0.3) is 11.7 Å². The van der Waals surface area contributed by atoms with E-state index in [4.69, 9.17) is 8.94 Å². The molecular formula is C8H8N2O2S. The predicted octanol–water partition coefficient (Wildman–Crippen LogP) is 2.19. The van der Waals surface area contributed by atoms with Crippen molar-refractivity contribution >= 4 is 11.8 Å². The summed E-state index contributed by atoms with van der Waals surface area (Å²) in [5.41, 5.74) is 0. The van der Waals surface area contributed by atoms with Crippen LogP contribution in [-0.4, -0.2) is 16.4 Å². The molecule has 2 aromatic rings. The molecule has 0 aliphatic carbocycles. The molecule has 68 valence electrons. The van der Waals surface area contributed by atoms with Crippen molar-refractivity contribution in [3.8, 4) is 11.7 Å². The van der Waals surface area contributed by atoms with Crippen molar-refractivity contribution in [2.45, 2.75) is 5.75 Å². The Labute approximate surface area is 79.3 Å². The summed E-state index contributed by atoms with van der Waals surface area (Å²) in [6, 6.07) is 3.57. The van der Waals surface area contributed by atoms with E-state index in [9.17, 15) is 0 Å². The zero-order valence-corrected chi connectivity index (χ0v) is 7.87. The van der Waals surface area contributed by atoms with Gasteiger partial charge in [-0.1, -0.05) is 5.16 Å². The van der Waals surface area contributed by atoms with Crippen LogP contribution >= 0.6 is 11.8 Å². The van der Waals surface area contributed by atoms with Crippen LogP contribution in [0.3, 0.4) is 0 Å². The summed E-state index contributed by atoms with van der Waals surface area (Å²) in [4.78, 5) is 4.15. The van der Waals surface area contributed by atoms with Crippen molar-refractivity contribution in [1.82, 2.24) is 10.1 Å². The molecule has 0 saturated carbocycles. The zero-order chi connectivity index (χ0) is 9.10. The number of hydrogen-bond acceptors (Lipinski definition) is 5. The average Bonchev–Trinajstić information content (AvgIpc) is 2.70. The number of thioether (sulfide) groups is 1. The third-order valence-electron chi connectivity index (χ3n) is 1.47. The molecule has 13 heavy (non-hydrogen) atoms. The van der Waals surface area contributed by atoms with Gasteiger partial charge in [-0.25, -0.2) is 0 Å². The minimum absolute atomic E-state index is 0.439. The van der Waals surface area contributed by atoms with Gasteiger partial charge in [-0.05, 0) is 18.4 Å². The lowest BCUT2D eigenvalue weighted by Crippen LogP contribution is -1.81. The van der Waals surface area contributed by atoms with Gasteiger partial charge < -0.3 is 8.94 Å². The van der Waals surface area contributed by atoms with E-state index in [2.05, 4.69) is 10.1 Å². The van der Waals surface area contributed by atoms with Crippen LogP contribution in [-0.2, 0) is 5.75 Å². The van der Waals surface area contributed by atoms with Gasteiger partial charge in [0.1, 0.15) is 0 Å². The van der Waals surface area contributed by atoms with Gasteiger partial charge in [-0.3, -0.25) is 0 Å². The maximum absolute atomic E-state index is 5.11. The van der Waals surface area contributed by atoms with E-state index in [-0.39, 0.29) is 0 Å². The van der Waals surface area contributed by atoms with Crippen LogP contribution in [0.4, 0.5) is 0 Å². The van der Waals surface area contributed by atoms with Crippen LogP contribution in [0.2, 0.25) is 0 Å². The molecule has 2 heterocycles. The van der Waals surface area contributed by atoms with Crippen LogP contribution < -0.4 is 0 Å². The highest BCUT2D eigenvalue weighted by Crippen LogP contribution is 2.18. The Balaban J connectivity index is 2.23. The number of aromatic nitrogens is 2. The lowest BCUT2D eigenvalue weighted by atomic mass is 10.4.